The molecule has 278 valence electrons. The molecule has 2 aliphatic rings. The van der Waals surface area contributed by atoms with Gasteiger partial charge in [-0.05, 0) is 46.5 Å². The van der Waals surface area contributed by atoms with E-state index in [0.717, 1.165) is 21.9 Å². The van der Waals surface area contributed by atoms with Crippen LogP contribution in [0.5, 0.6) is 0 Å². The molecule has 6 rings (SSSR count). The standard InChI is InChI=1S/C38H43N6O8P/c1-3-51-53(50,52-26-45)25-34(46)40-31-18-16-27(17-19-31)20-33-37(48)42(22-30-14-9-13-29-12-7-8-15-32(29)30)23-35-43(33)36(47)24-41(2)44(35)38(49)39-21-28-10-5-4-6-11-28/h4-19,33,35,45H,3,20-26H2,1-2H3,(H,39,49)(H,40,46)/t33-,35-,53?/m0/s1. The lowest BCUT2D eigenvalue weighted by molar-refractivity contribution is -0.187. The van der Waals surface area contributed by atoms with Crippen LogP contribution in [0.25, 0.3) is 10.8 Å². The maximum atomic E-state index is 14.5. The van der Waals surface area contributed by atoms with E-state index in [1.807, 2.05) is 72.8 Å². The Morgan fingerprint density at radius 1 is 0.906 bits per heavy atom. The van der Waals surface area contributed by atoms with Crippen LogP contribution in [-0.2, 0) is 47.5 Å². The number of hydrogen-bond acceptors (Lipinski definition) is 9. The molecule has 3 atom stereocenters. The van der Waals surface area contributed by atoms with E-state index in [0.29, 0.717) is 11.3 Å². The molecule has 0 aromatic heterocycles. The van der Waals surface area contributed by atoms with Crippen molar-refractivity contribution in [2.24, 2.45) is 0 Å². The zero-order valence-electron chi connectivity index (χ0n) is 29.6. The van der Waals surface area contributed by atoms with Gasteiger partial charge in [-0.15, -0.1) is 0 Å². The number of fused-ring (bicyclic) bond motifs is 2. The van der Waals surface area contributed by atoms with Crippen LogP contribution >= 0.6 is 7.60 Å². The molecule has 5 amide bonds. The number of piperazine rings is 1. The van der Waals surface area contributed by atoms with E-state index < -0.39 is 44.7 Å². The number of aliphatic hydroxyl groups is 1. The highest BCUT2D eigenvalue weighted by molar-refractivity contribution is 7.54. The van der Waals surface area contributed by atoms with E-state index >= 15 is 0 Å². The van der Waals surface area contributed by atoms with Crippen LogP contribution in [0.15, 0.2) is 97.1 Å². The van der Waals surface area contributed by atoms with Crippen LogP contribution in [-0.4, -0.2) is 101 Å². The van der Waals surface area contributed by atoms with Gasteiger partial charge in [0.1, 0.15) is 18.4 Å². The predicted octanol–water partition coefficient (Wildman–Crippen LogP) is 4.15. The first-order valence-corrected chi connectivity index (χ1v) is 19.1. The van der Waals surface area contributed by atoms with E-state index in [9.17, 15) is 23.7 Å². The number of urea groups is 1. The van der Waals surface area contributed by atoms with Gasteiger partial charge in [0.15, 0.2) is 6.79 Å². The van der Waals surface area contributed by atoms with Crippen molar-refractivity contribution in [3.8, 4) is 0 Å². The summed E-state index contributed by atoms with van der Waals surface area (Å²) < 4.78 is 22.6. The Bertz CT molecular complexity index is 1980. The molecule has 2 aliphatic heterocycles. The fourth-order valence-corrected chi connectivity index (χ4v) is 8.13. The van der Waals surface area contributed by atoms with Crippen LogP contribution in [0.3, 0.4) is 0 Å². The predicted molar refractivity (Wildman–Crippen MR) is 198 cm³/mol. The van der Waals surface area contributed by atoms with Gasteiger partial charge in [-0.25, -0.2) is 14.8 Å². The Morgan fingerprint density at radius 2 is 1.62 bits per heavy atom. The topological polar surface area (TPSA) is 161 Å². The molecule has 0 saturated carbocycles. The maximum absolute atomic E-state index is 14.5. The highest BCUT2D eigenvalue weighted by atomic mass is 31.2. The summed E-state index contributed by atoms with van der Waals surface area (Å²) in [4.78, 5) is 58.1. The number of carbonyl (C=O) groups excluding carboxylic acids is 4. The smallest absolute Gasteiger partial charge is 0.342 e. The summed E-state index contributed by atoms with van der Waals surface area (Å²) in [6, 6.07) is 28.8. The quantitative estimate of drug-likeness (QED) is 0.135. The van der Waals surface area contributed by atoms with Crippen molar-refractivity contribution >= 4 is 47.8 Å². The minimum atomic E-state index is -3.83. The number of amides is 5. The molecule has 3 N–H and O–H groups in total. The molecule has 0 radical (unpaired) electrons. The number of aliphatic hydroxyl groups excluding tert-OH is 1. The van der Waals surface area contributed by atoms with Gasteiger partial charge in [-0.2, -0.15) is 0 Å². The lowest BCUT2D eigenvalue weighted by atomic mass is 9.97. The van der Waals surface area contributed by atoms with Crippen LogP contribution in [0.4, 0.5) is 10.5 Å². The van der Waals surface area contributed by atoms with E-state index in [1.165, 1.54) is 9.91 Å². The molecule has 14 nitrogen and oxygen atoms in total. The summed E-state index contributed by atoms with van der Waals surface area (Å²) >= 11 is 0. The van der Waals surface area contributed by atoms with Gasteiger partial charge in [0, 0.05) is 32.2 Å². The molecule has 2 saturated heterocycles. The number of rotatable bonds is 13. The third kappa shape index (κ3) is 8.75. The summed E-state index contributed by atoms with van der Waals surface area (Å²) in [5, 5.41) is 19.9. The number of nitrogens with zero attached hydrogens (tertiary/aromatic N) is 4. The van der Waals surface area contributed by atoms with E-state index in [-0.39, 0.29) is 51.0 Å². The zero-order valence-corrected chi connectivity index (χ0v) is 30.5. The van der Waals surface area contributed by atoms with Crippen LogP contribution in [0.2, 0.25) is 0 Å². The SMILES string of the molecule is CCOP(=O)(CC(=O)Nc1ccc(C[C@H]2C(=O)N(Cc3cccc4ccccc34)C[C@H]3N2C(=O)CN(C)N3C(=O)NCc2ccccc2)cc1)OCO. The molecule has 2 fully saturated rings. The van der Waals surface area contributed by atoms with Gasteiger partial charge in [0.25, 0.3) is 0 Å². The molecule has 2 heterocycles. The van der Waals surface area contributed by atoms with Gasteiger partial charge >= 0.3 is 13.6 Å². The summed E-state index contributed by atoms with van der Waals surface area (Å²) in [5.41, 5.74) is 2.97. The molecule has 53 heavy (non-hydrogen) atoms. The Hall–Kier alpha value is -5.11. The van der Waals surface area contributed by atoms with Crippen molar-refractivity contribution in [1.82, 2.24) is 25.1 Å². The third-order valence-electron chi connectivity index (χ3n) is 9.26. The van der Waals surface area contributed by atoms with E-state index in [2.05, 4.69) is 10.6 Å². The molecule has 4 aromatic carbocycles. The largest absolute Gasteiger partial charge is 0.370 e. The monoisotopic (exact) mass is 742 g/mol. The van der Waals surface area contributed by atoms with Crippen molar-refractivity contribution in [2.45, 2.75) is 38.6 Å². The first kappa shape index (κ1) is 37.6. The van der Waals surface area contributed by atoms with Crippen molar-refractivity contribution in [2.75, 3.05) is 45.0 Å². The zero-order chi connectivity index (χ0) is 37.5. The number of benzene rings is 4. The Balaban J connectivity index is 1.26. The highest BCUT2D eigenvalue weighted by Crippen LogP contribution is 2.47. The van der Waals surface area contributed by atoms with Gasteiger partial charge in [-0.3, -0.25) is 23.5 Å². The molecule has 0 bridgehead atoms. The van der Waals surface area contributed by atoms with Crippen molar-refractivity contribution in [1.29, 1.82) is 0 Å². The molecule has 4 aromatic rings. The summed E-state index contributed by atoms with van der Waals surface area (Å²) in [6.45, 7) is 1.34. The van der Waals surface area contributed by atoms with Crippen LogP contribution < -0.4 is 10.6 Å². The molecule has 0 spiro atoms. The minimum Gasteiger partial charge on any atom is -0.370 e. The number of nitrogens with one attached hydrogen (secondary N) is 2. The second-order valence-electron chi connectivity index (χ2n) is 12.9. The lowest BCUT2D eigenvalue weighted by Gasteiger charge is -2.54. The molecular weight excluding hydrogens is 699 g/mol. The number of likely N-dealkylation sites (N-methyl/N-ethyl adjacent to an activating group) is 1. The first-order chi connectivity index (χ1) is 25.6. The third-order valence-corrected chi connectivity index (χ3v) is 11.1. The lowest BCUT2D eigenvalue weighted by Crippen LogP contribution is -2.76. The van der Waals surface area contributed by atoms with Gasteiger partial charge in [0.05, 0.1) is 19.7 Å². The molecule has 1 unspecified atom stereocenters. The molecule has 0 aliphatic carbocycles. The fourth-order valence-electron chi connectivity index (χ4n) is 6.87. The number of hydrazine groups is 1. The normalized spacial score (nSPS) is 18.8. The average Bonchev–Trinajstić information content (AvgIpc) is 3.13. The highest BCUT2D eigenvalue weighted by Gasteiger charge is 2.50. The first-order valence-electron chi connectivity index (χ1n) is 17.4. The Kier molecular flexibility index (Phi) is 11.9. The molecule has 15 heteroatoms. The fraction of sp³-hybridized carbons (Fsp3) is 0.316. The Labute approximate surface area is 307 Å². The number of carbonyl (C=O) groups is 4. The number of anilines is 1. The van der Waals surface area contributed by atoms with Crippen LogP contribution in [0, 0.1) is 0 Å². The van der Waals surface area contributed by atoms with E-state index in [1.54, 1.807) is 48.1 Å². The van der Waals surface area contributed by atoms with Crippen molar-refractivity contribution < 1.29 is 37.9 Å². The second-order valence-corrected chi connectivity index (χ2v) is 14.9. The van der Waals surface area contributed by atoms with Gasteiger partial charge in [-0.1, -0.05) is 84.9 Å². The minimum absolute atomic E-state index is 0.0330. The maximum Gasteiger partial charge on any atom is 0.342 e. The van der Waals surface area contributed by atoms with Crippen LogP contribution in [0.1, 0.15) is 23.6 Å². The Morgan fingerprint density at radius 3 is 2.36 bits per heavy atom. The molecular formula is C38H43N6O8P. The summed E-state index contributed by atoms with van der Waals surface area (Å²) in [5.74, 6) is -1.16. The van der Waals surface area contributed by atoms with Crippen molar-refractivity contribution in [3.05, 3.63) is 114 Å². The average molecular weight is 743 g/mol. The van der Waals surface area contributed by atoms with Crippen molar-refractivity contribution in [3.63, 3.8) is 0 Å². The summed E-state index contributed by atoms with van der Waals surface area (Å²) in [7, 11) is -2.14. The van der Waals surface area contributed by atoms with E-state index in [4.69, 9.17) is 14.2 Å². The number of hydrogen-bond donors (Lipinski definition) is 3. The van der Waals surface area contributed by atoms with Gasteiger partial charge < -0.3 is 30.1 Å². The second kappa shape index (κ2) is 16.7. The van der Waals surface area contributed by atoms with Gasteiger partial charge in [0.2, 0.25) is 17.7 Å². The summed E-state index contributed by atoms with van der Waals surface area (Å²) in [6.07, 6.45) is -1.22.